The molecule has 0 amide bonds. The molecule has 0 aromatic carbocycles. The molecular weight excluding hydrogens is 262 g/mol. The molecule has 7 nitrogen and oxygen atoms in total. The van der Waals surface area contributed by atoms with Crippen LogP contribution in [0.5, 0.6) is 0 Å². The maximum atomic E-state index is 8.76. The van der Waals surface area contributed by atoms with E-state index in [4.69, 9.17) is 24.5 Å². The third kappa shape index (κ3) is 2.40. The first-order valence-corrected chi connectivity index (χ1v) is 7.03. The second-order valence-corrected chi connectivity index (χ2v) is 6.60. The SMILES string of the molecule is CC1(C)O[C@@H]2[C@@H]3COC(C)(C)O[C@H]3C[C@@H](N=[N+]=[N-])[C@@H]2O1. The first kappa shape index (κ1) is 14.1. The van der Waals surface area contributed by atoms with Crippen LogP contribution in [-0.2, 0) is 18.9 Å². The van der Waals surface area contributed by atoms with Gasteiger partial charge in [0, 0.05) is 10.8 Å². The number of nitrogens with zero attached hydrogens (tertiary/aromatic N) is 3. The molecule has 2 aliphatic heterocycles. The highest BCUT2D eigenvalue weighted by Crippen LogP contribution is 2.45. The van der Waals surface area contributed by atoms with E-state index in [-0.39, 0.29) is 30.3 Å². The van der Waals surface area contributed by atoms with E-state index in [9.17, 15) is 0 Å². The molecule has 1 aliphatic carbocycles. The van der Waals surface area contributed by atoms with Gasteiger partial charge in [-0.05, 0) is 39.6 Å². The first-order chi connectivity index (χ1) is 9.31. The third-order valence-electron chi connectivity index (χ3n) is 4.17. The summed E-state index contributed by atoms with van der Waals surface area (Å²) in [5.74, 6) is -1.16. The van der Waals surface area contributed by atoms with Crippen LogP contribution in [0.3, 0.4) is 0 Å². The molecular formula is C13H21N3O4. The summed E-state index contributed by atoms with van der Waals surface area (Å²) in [7, 11) is 0. The van der Waals surface area contributed by atoms with Crippen LogP contribution in [0.1, 0.15) is 34.1 Å². The summed E-state index contributed by atoms with van der Waals surface area (Å²) in [5.41, 5.74) is 8.76. The van der Waals surface area contributed by atoms with E-state index < -0.39 is 11.6 Å². The normalized spacial score (nSPS) is 45.1. The molecule has 2 saturated heterocycles. The second-order valence-electron chi connectivity index (χ2n) is 6.60. The minimum absolute atomic E-state index is 0.0343. The fourth-order valence-corrected chi connectivity index (χ4v) is 3.42. The van der Waals surface area contributed by atoms with Crippen LogP contribution in [0.15, 0.2) is 5.11 Å². The highest BCUT2D eigenvalue weighted by molar-refractivity contribution is 5.03. The van der Waals surface area contributed by atoms with Crippen molar-refractivity contribution < 1.29 is 18.9 Å². The van der Waals surface area contributed by atoms with Gasteiger partial charge in [0.15, 0.2) is 11.6 Å². The van der Waals surface area contributed by atoms with Gasteiger partial charge < -0.3 is 18.9 Å². The Morgan fingerprint density at radius 3 is 2.45 bits per heavy atom. The van der Waals surface area contributed by atoms with E-state index in [0.717, 1.165) is 0 Å². The third-order valence-corrected chi connectivity index (χ3v) is 4.17. The largest absolute Gasteiger partial charge is 0.350 e. The molecule has 0 aromatic rings. The summed E-state index contributed by atoms with van der Waals surface area (Å²) in [4.78, 5) is 2.94. The van der Waals surface area contributed by atoms with E-state index in [1.165, 1.54) is 0 Å². The van der Waals surface area contributed by atoms with Crippen LogP contribution >= 0.6 is 0 Å². The number of hydrogen-bond donors (Lipinski definition) is 0. The van der Waals surface area contributed by atoms with Crippen LogP contribution in [0.4, 0.5) is 0 Å². The quantitative estimate of drug-likeness (QED) is 0.420. The Morgan fingerprint density at radius 1 is 1.05 bits per heavy atom. The highest BCUT2D eigenvalue weighted by atomic mass is 16.8. The van der Waals surface area contributed by atoms with E-state index in [2.05, 4.69) is 10.0 Å². The average molecular weight is 283 g/mol. The molecule has 3 aliphatic rings. The lowest BCUT2D eigenvalue weighted by Crippen LogP contribution is -2.58. The molecule has 0 unspecified atom stereocenters. The lowest BCUT2D eigenvalue weighted by molar-refractivity contribution is -0.312. The van der Waals surface area contributed by atoms with Crippen LogP contribution < -0.4 is 0 Å². The van der Waals surface area contributed by atoms with Crippen molar-refractivity contribution in [2.75, 3.05) is 6.61 Å². The Balaban J connectivity index is 1.87. The van der Waals surface area contributed by atoms with Gasteiger partial charge in [-0.25, -0.2) is 0 Å². The predicted octanol–water partition coefficient (Wildman–Crippen LogP) is 2.36. The van der Waals surface area contributed by atoms with Gasteiger partial charge in [-0.15, -0.1) is 0 Å². The molecule has 7 heteroatoms. The lowest BCUT2D eigenvalue weighted by Gasteiger charge is -2.47. The zero-order valence-corrected chi connectivity index (χ0v) is 12.3. The maximum Gasteiger partial charge on any atom is 0.163 e. The van der Waals surface area contributed by atoms with Gasteiger partial charge in [0.1, 0.15) is 0 Å². The first-order valence-electron chi connectivity index (χ1n) is 7.03. The van der Waals surface area contributed by atoms with Crippen molar-refractivity contribution in [1.29, 1.82) is 0 Å². The number of fused-ring (bicyclic) bond motifs is 3. The fraction of sp³-hybridized carbons (Fsp3) is 1.00. The van der Waals surface area contributed by atoms with Crippen molar-refractivity contribution in [1.82, 2.24) is 0 Å². The number of rotatable bonds is 1. The Bertz CT molecular complexity index is 447. The van der Waals surface area contributed by atoms with Crippen molar-refractivity contribution in [3.05, 3.63) is 10.4 Å². The van der Waals surface area contributed by atoms with Crippen molar-refractivity contribution >= 4 is 0 Å². The zero-order chi connectivity index (χ0) is 14.5. The van der Waals surface area contributed by atoms with Crippen molar-refractivity contribution in [3.8, 4) is 0 Å². The van der Waals surface area contributed by atoms with E-state index in [0.29, 0.717) is 13.0 Å². The predicted molar refractivity (Wildman–Crippen MR) is 69.8 cm³/mol. The smallest absolute Gasteiger partial charge is 0.163 e. The Hall–Kier alpha value is -0.850. The molecule has 3 fully saturated rings. The highest BCUT2D eigenvalue weighted by Gasteiger charge is 2.56. The second kappa shape index (κ2) is 4.58. The number of ether oxygens (including phenoxy) is 4. The fourth-order valence-electron chi connectivity index (χ4n) is 3.42. The van der Waals surface area contributed by atoms with Gasteiger partial charge in [0.05, 0.1) is 31.0 Å². The van der Waals surface area contributed by atoms with E-state index >= 15 is 0 Å². The number of azide groups is 1. The van der Waals surface area contributed by atoms with Gasteiger partial charge in [-0.1, -0.05) is 5.11 Å². The molecule has 2 heterocycles. The Labute approximate surface area is 118 Å². The molecule has 112 valence electrons. The van der Waals surface area contributed by atoms with Gasteiger partial charge in [0.2, 0.25) is 0 Å². The Kier molecular flexibility index (Phi) is 3.23. The molecule has 20 heavy (non-hydrogen) atoms. The van der Waals surface area contributed by atoms with Crippen LogP contribution in [-0.4, -0.2) is 42.5 Å². The van der Waals surface area contributed by atoms with E-state index in [1.807, 2.05) is 27.7 Å². The molecule has 0 spiro atoms. The molecule has 3 rings (SSSR count). The molecule has 0 aromatic heterocycles. The van der Waals surface area contributed by atoms with E-state index in [1.54, 1.807) is 0 Å². The summed E-state index contributed by atoms with van der Waals surface area (Å²) in [6.45, 7) is 8.12. The maximum absolute atomic E-state index is 8.76. The summed E-state index contributed by atoms with van der Waals surface area (Å²) in [6, 6.07) is -0.262. The monoisotopic (exact) mass is 283 g/mol. The van der Waals surface area contributed by atoms with Crippen LogP contribution in [0.2, 0.25) is 0 Å². The summed E-state index contributed by atoms with van der Waals surface area (Å²) < 4.78 is 23.7. The molecule has 0 bridgehead atoms. The topological polar surface area (TPSA) is 85.7 Å². The minimum atomic E-state index is -0.666. The molecule has 0 N–H and O–H groups in total. The summed E-state index contributed by atoms with van der Waals surface area (Å²) in [5, 5.41) is 3.89. The zero-order valence-electron chi connectivity index (χ0n) is 12.3. The van der Waals surface area contributed by atoms with Gasteiger partial charge in [0.25, 0.3) is 0 Å². The van der Waals surface area contributed by atoms with Gasteiger partial charge >= 0.3 is 0 Å². The van der Waals surface area contributed by atoms with Gasteiger partial charge in [-0.3, -0.25) is 0 Å². The summed E-state index contributed by atoms with van der Waals surface area (Å²) in [6.07, 6.45) is 0.223. The molecule has 1 saturated carbocycles. The molecule has 0 radical (unpaired) electrons. The number of hydrogen-bond acceptors (Lipinski definition) is 5. The van der Waals surface area contributed by atoms with Crippen molar-refractivity contribution in [2.24, 2.45) is 11.0 Å². The van der Waals surface area contributed by atoms with Gasteiger partial charge in [-0.2, -0.15) is 0 Å². The minimum Gasteiger partial charge on any atom is -0.350 e. The average Bonchev–Trinajstić information content (AvgIpc) is 2.64. The molecule has 5 atom stereocenters. The van der Waals surface area contributed by atoms with Crippen molar-refractivity contribution in [3.63, 3.8) is 0 Å². The summed E-state index contributed by atoms with van der Waals surface area (Å²) >= 11 is 0. The Morgan fingerprint density at radius 2 is 1.75 bits per heavy atom. The van der Waals surface area contributed by atoms with Crippen LogP contribution in [0.25, 0.3) is 10.4 Å². The van der Waals surface area contributed by atoms with Crippen LogP contribution in [0, 0.1) is 5.92 Å². The standard InChI is InChI=1S/C13H21N3O4/c1-12(2)17-6-7-9(18-12)5-8(15-16-14)11-10(7)19-13(3,4)20-11/h7-11H,5-6H2,1-4H3/t7-,8-,9+,10-,11+/m1/s1. The lowest BCUT2D eigenvalue weighted by atomic mass is 9.79. The van der Waals surface area contributed by atoms with Crippen molar-refractivity contribution in [2.45, 2.75) is 70.0 Å².